The molecule has 0 aliphatic carbocycles. The molecule has 0 bridgehead atoms. The predicted molar refractivity (Wildman–Crippen MR) is 133 cm³/mol. The molecule has 1 fully saturated rings. The summed E-state index contributed by atoms with van der Waals surface area (Å²) in [5.74, 6) is 2.14. The van der Waals surface area contributed by atoms with Gasteiger partial charge in [0.2, 0.25) is 5.89 Å². The van der Waals surface area contributed by atoms with Gasteiger partial charge in [-0.25, -0.2) is 4.79 Å². The largest absolute Gasteiger partial charge is 0.444 e. The van der Waals surface area contributed by atoms with Crippen LogP contribution in [0.2, 0.25) is 0 Å². The second-order valence-electron chi connectivity index (χ2n) is 9.52. The molecule has 184 valence electrons. The average molecular weight is 566 g/mol. The van der Waals surface area contributed by atoms with E-state index in [1.165, 1.54) is 0 Å². The van der Waals surface area contributed by atoms with Crippen LogP contribution in [-0.4, -0.2) is 70.7 Å². The van der Waals surface area contributed by atoms with Gasteiger partial charge in [-0.05, 0) is 41.5 Å². The quantitative estimate of drug-likeness (QED) is 0.307. The van der Waals surface area contributed by atoms with E-state index in [0.717, 1.165) is 0 Å². The van der Waals surface area contributed by atoms with Crippen molar-refractivity contribution in [1.29, 1.82) is 0 Å². The monoisotopic (exact) mass is 566 g/mol. The minimum absolute atomic E-state index is 0. The number of aromatic nitrogens is 2. The number of hydrogen-bond donors (Lipinski definition) is 2. The number of hydrogen-bond acceptors (Lipinski definition) is 7. The van der Waals surface area contributed by atoms with Gasteiger partial charge in [-0.1, -0.05) is 19.0 Å². The first-order chi connectivity index (χ1) is 14.3. The summed E-state index contributed by atoms with van der Waals surface area (Å²) in [6.07, 6.45) is 0.0235. The number of nitrogens with one attached hydrogen (secondary N) is 2. The van der Waals surface area contributed by atoms with Crippen molar-refractivity contribution in [1.82, 2.24) is 25.7 Å². The van der Waals surface area contributed by atoms with Gasteiger partial charge in [0.15, 0.2) is 11.8 Å². The third-order valence-electron chi connectivity index (χ3n) is 4.85. The Bertz CT molecular complexity index is 775. The molecule has 1 amide bonds. The molecule has 0 spiro atoms. The van der Waals surface area contributed by atoms with E-state index in [1.54, 1.807) is 11.9 Å². The number of rotatable bonds is 6. The topological polar surface area (TPSA) is 114 Å². The van der Waals surface area contributed by atoms with Crippen LogP contribution in [0.3, 0.4) is 0 Å². The fourth-order valence-corrected chi connectivity index (χ4v) is 3.44. The van der Waals surface area contributed by atoms with Gasteiger partial charge in [0, 0.05) is 32.5 Å². The first-order valence-electron chi connectivity index (χ1n) is 10.8. The van der Waals surface area contributed by atoms with Gasteiger partial charge in [-0.3, -0.25) is 9.89 Å². The number of carbonyl (C=O) groups is 1. The van der Waals surface area contributed by atoms with E-state index in [-0.39, 0.29) is 42.0 Å². The molecular formula is C21H39IN6O4. The fourth-order valence-electron chi connectivity index (χ4n) is 3.44. The minimum Gasteiger partial charge on any atom is -0.444 e. The Kier molecular flexibility index (Phi) is 10.2. The van der Waals surface area contributed by atoms with Crippen molar-refractivity contribution < 1.29 is 18.8 Å². The minimum atomic E-state index is -0.767. The Morgan fingerprint density at radius 1 is 1.31 bits per heavy atom. The Morgan fingerprint density at radius 3 is 2.50 bits per heavy atom. The molecule has 2 rings (SSSR count). The number of amides is 1. The second kappa shape index (κ2) is 11.5. The Hall–Kier alpha value is -1.63. The number of halogens is 1. The van der Waals surface area contributed by atoms with Crippen molar-refractivity contribution in [3.63, 3.8) is 0 Å². The molecule has 1 aromatic rings. The maximum Gasteiger partial charge on any atom is 0.412 e. The molecule has 1 aromatic heterocycles. The zero-order valence-electron chi connectivity index (χ0n) is 20.7. The number of nitrogens with zero attached hydrogens (tertiary/aromatic N) is 4. The summed E-state index contributed by atoms with van der Waals surface area (Å²) in [6.45, 7) is 16.3. The van der Waals surface area contributed by atoms with Gasteiger partial charge in [-0.15, -0.1) is 24.0 Å². The first-order valence-corrected chi connectivity index (χ1v) is 10.8. The third-order valence-corrected chi connectivity index (χ3v) is 4.85. The first kappa shape index (κ1) is 28.4. The molecule has 1 saturated heterocycles. The van der Waals surface area contributed by atoms with Gasteiger partial charge >= 0.3 is 6.09 Å². The van der Waals surface area contributed by atoms with E-state index in [2.05, 4.69) is 25.8 Å². The number of aliphatic imine (C=N–C) groups is 1. The lowest BCUT2D eigenvalue weighted by molar-refractivity contribution is -0.0755. The molecule has 2 unspecified atom stereocenters. The van der Waals surface area contributed by atoms with E-state index >= 15 is 0 Å². The zero-order valence-corrected chi connectivity index (χ0v) is 23.0. The summed E-state index contributed by atoms with van der Waals surface area (Å²) in [6, 6.07) is -0.215. The molecule has 2 heterocycles. The standard InChI is InChI=1S/C21H38N6O4.HI/c1-13(2)17-25-16(31-26-17)10-11-23-18(22-9)24-12-15-14(3)29-21(7,8)27(15)19(28)30-20(4,5)6;/h13-15H,10-12H2,1-9H3,(H2,22,23,24);1H. The average Bonchev–Trinajstić information content (AvgIpc) is 3.18. The van der Waals surface area contributed by atoms with Gasteiger partial charge in [0.1, 0.15) is 11.3 Å². The lowest BCUT2D eigenvalue weighted by Gasteiger charge is -2.35. The van der Waals surface area contributed by atoms with Gasteiger partial charge in [-0.2, -0.15) is 4.98 Å². The van der Waals surface area contributed by atoms with E-state index in [4.69, 9.17) is 14.0 Å². The highest BCUT2D eigenvalue weighted by molar-refractivity contribution is 14.0. The van der Waals surface area contributed by atoms with E-state index in [1.807, 2.05) is 55.4 Å². The summed E-state index contributed by atoms with van der Waals surface area (Å²) in [4.78, 5) is 23.1. The molecule has 0 saturated carbocycles. The van der Waals surface area contributed by atoms with Crippen LogP contribution in [-0.2, 0) is 15.9 Å². The van der Waals surface area contributed by atoms with Crippen LogP contribution < -0.4 is 10.6 Å². The van der Waals surface area contributed by atoms with Crippen LogP contribution in [0.5, 0.6) is 0 Å². The zero-order chi connectivity index (χ0) is 23.4. The van der Waals surface area contributed by atoms with Crippen molar-refractivity contribution in [2.24, 2.45) is 4.99 Å². The summed E-state index contributed by atoms with van der Waals surface area (Å²) < 4.78 is 16.9. The number of ether oxygens (including phenoxy) is 2. The molecule has 11 heteroatoms. The molecule has 0 radical (unpaired) electrons. The molecule has 1 aliphatic heterocycles. The summed E-state index contributed by atoms with van der Waals surface area (Å²) >= 11 is 0. The highest BCUT2D eigenvalue weighted by Crippen LogP contribution is 2.33. The molecule has 32 heavy (non-hydrogen) atoms. The Balaban J connectivity index is 0.00000512. The predicted octanol–water partition coefficient (Wildman–Crippen LogP) is 3.28. The van der Waals surface area contributed by atoms with Crippen LogP contribution in [0.1, 0.15) is 73.0 Å². The van der Waals surface area contributed by atoms with E-state index in [9.17, 15) is 4.79 Å². The molecule has 2 N–H and O–H groups in total. The lowest BCUT2D eigenvalue weighted by Crippen LogP contribution is -2.54. The third kappa shape index (κ3) is 7.75. The number of guanidine groups is 1. The normalized spacial score (nSPS) is 20.8. The number of carbonyl (C=O) groups excluding carboxylic acids is 1. The highest BCUT2D eigenvalue weighted by atomic mass is 127. The molecule has 10 nitrogen and oxygen atoms in total. The second-order valence-corrected chi connectivity index (χ2v) is 9.52. The van der Waals surface area contributed by atoms with Crippen molar-refractivity contribution >= 4 is 36.0 Å². The van der Waals surface area contributed by atoms with Gasteiger partial charge in [0.05, 0.1) is 12.1 Å². The van der Waals surface area contributed by atoms with E-state index < -0.39 is 17.4 Å². The fraction of sp³-hybridized carbons (Fsp3) is 0.810. The van der Waals surface area contributed by atoms with Crippen LogP contribution in [0.4, 0.5) is 4.79 Å². The summed E-state index contributed by atoms with van der Waals surface area (Å²) in [7, 11) is 1.70. The van der Waals surface area contributed by atoms with Crippen molar-refractivity contribution in [3.05, 3.63) is 11.7 Å². The lowest BCUT2D eigenvalue weighted by atomic mass is 10.1. The van der Waals surface area contributed by atoms with Crippen LogP contribution >= 0.6 is 24.0 Å². The molecule has 1 aliphatic rings. The van der Waals surface area contributed by atoms with Crippen molar-refractivity contribution in [2.45, 2.75) is 91.2 Å². The maximum atomic E-state index is 12.9. The molecule has 2 atom stereocenters. The highest BCUT2D eigenvalue weighted by Gasteiger charge is 2.49. The van der Waals surface area contributed by atoms with Gasteiger partial charge in [0.25, 0.3) is 0 Å². The van der Waals surface area contributed by atoms with Crippen molar-refractivity contribution in [2.75, 3.05) is 20.1 Å². The van der Waals surface area contributed by atoms with Gasteiger partial charge < -0.3 is 24.6 Å². The summed E-state index contributed by atoms with van der Waals surface area (Å²) in [5.41, 5.74) is -1.35. The maximum absolute atomic E-state index is 12.9. The Labute approximate surface area is 208 Å². The van der Waals surface area contributed by atoms with Crippen molar-refractivity contribution in [3.8, 4) is 0 Å². The van der Waals surface area contributed by atoms with Crippen LogP contribution in [0.25, 0.3) is 0 Å². The van der Waals surface area contributed by atoms with Crippen LogP contribution in [0, 0.1) is 0 Å². The molecular weight excluding hydrogens is 527 g/mol. The van der Waals surface area contributed by atoms with Crippen LogP contribution in [0.15, 0.2) is 9.52 Å². The van der Waals surface area contributed by atoms with E-state index in [0.29, 0.717) is 37.2 Å². The smallest absolute Gasteiger partial charge is 0.412 e. The SMILES string of the molecule is CN=C(NCCc1nc(C(C)C)no1)NCC1C(C)OC(C)(C)N1C(=O)OC(C)(C)C.I. The Morgan fingerprint density at radius 2 is 1.97 bits per heavy atom. The molecule has 0 aromatic carbocycles. The summed E-state index contributed by atoms with van der Waals surface area (Å²) in [5, 5.41) is 10.5.